The first-order valence-electron chi connectivity index (χ1n) is 5.53. The van der Waals surface area contributed by atoms with Gasteiger partial charge in [0.2, 0.25) is 5.88 Å². The Morgan fingerprint density at radius 3 is 2.89 bits per heavy atom. The number of nitrogens with zero attached hydrogens (tertiary/aromatic N) is 3. The molecular weight excluding hydrogens is 228 g/mol. The van der Waals surface area contributed by atoms with Gasteiger partial charge in [0.25, 0.3) is 0 Å². The summed E-state index contributed by atoms with van der Waals surface area (Å²) in [5, 5.41) is 12.0. The zero-order chi connectivity index (χ0) is 12.8. The Hall–Kier alpha value is -2.61. The monoisotopic (exact) mass is 240 g/mol. The van der Waals surface area contributed by atoms with Crippen LogP contribution in [0, 0.1) is 11.3 Å². The fourth-order valence-corrected chi connectivity index (χ4v) is 1.43. The summed E-state index contributed by atoms with van der Waals surface area (Å²) in [5.41, 5.74) is 1.98. The molecule has 1 N–H and O–H groups in total. The average Bonchev–Trinajstić information content (AvgIpc) is 2.42. The van der Waals surface area contributed by atoms with E-state index in [2.05, 4.69) is 21.4 Å². The minimum Gasteiger partial charge on any atom is -0.478 e. The van der Waals surface area contributed by atoms with Gasteiger partial charge in [0, 0.05) is 12.3 Å². The van der Waals surface area contributed by atoms with Crippen LogP contribution in [0.5, 0.6) is 5.88 Å². The normalized spacial score (nSPS) is 9.56. The lowest BCUT2D eigenvalue weighted by atomic mass is 10.2. The summed E-state index contributed by atoms with van der Waals surface area (Å²) in [6.45, 7) is 2.49. The van der Waals surface area contributed by atoms with Crippen LogP contribution >= 0.6 is 0 Å². The van der Waals surface area contributed by atoms with E-state index in [-0.39, 0.29) is 0 Å². The van der Waals surface area contributed by atoms with Crippen molar-refractivity contribution < 1.29 is 4.74 Å². The molecule has 2 rings (SSSR count). The lowest BCUT2D eigenvalue weighted by Crippen LogP contribution is -1.97. The molecular formula is C13H12N4O. The standard InChI is InChI=1S/C13H12N4O/c1-2-18-13-4-3-11(8-16-13)17-12-9-15-6-5-10(12)7-14/h3-6,8-9,17H,2H2,1H3. The number of anilines is 2. The number of rotatable bonds is 4. The SMILES string of the molecule is CCOc1ccc(Nc2cnccc2C#N)cn1. The van der Waals surface area contributed by atoms with Gasteiger partial charge >= 0.3 is 0 Å². The van der Waals surface area contributed by atoms with E-state index in [1.165, 1.54) is 0 Å². The van der Waals surface area contributed by atoms with Crippen molar-refractivity contribution in [3.8, 4) is 11.9 Å². The Bertz CT molecular complexity index is 560. The van der Waals surface area contributed by atoms with Crippen LogP contribution in [-0.2, 0) is 0 Å². The lowest BCUT2D eigenvalue weighted by Gasteiger charge is -2.07. The molecule has 0 fully saturated rings. The van der Waals surface area contributed by atoms with Gasteiger partial charge in [-0.3, -0.25) is 4.98 Å². The largest absolute Gasteiger partial charge is 0.478 e. The maximum absolute atomic E-state index is 8.96. The van der Waals surface area contributed by atoms with Crippen molar-refractivity contribution in [3.05, 3.63) is 42.4 Å². The van der Waals surface area contributed by atoms with E-state index in [0.29, 0.717) is 23.7 Å². The van der Waals surface area contributed by atoms with E-state index in [0.717, 1.165) is 5.69 Å². The molecule has 0 spiro atoms. The van der Waals surface area contributed by atoms with Crippen molar-refractivity contribution >= 4 is 11.4 Å². The van der Waals surface area contributed by atoms with Gasteiger partial charge in [0.05, 0.1) is 35.9 Å². The van der Waals surface area contributed by atoms with Crippen molar-refractivity contribution in [1.29, 1.82) is 5.26 Å². The quantitative estimate of drug-likeness (QED) is 0.889. The first-order chi connectivity index (χ1) is 8.83. The molecule has 2 aromatic heterocycles. The van der Waals surface area contributed by atoms with Crippen LogP contribution in [0.1, 0.15) is 12.5 Å². The highest BCUT2D eigenvalue weighted by molar-refractivity contribution is 5.64. The first kappa shape index (κ1) is 11.9. The molecule has 0 bridgehead atoms. The van der Waals surface area contributed by atoms with Crippen LogP contribution in [0.2, 0.25) is 0 Å². The summed E-state index contributed by atoms with van der Waals surface area (Å²) >= 11 is 0. The molecule has 2 heterocycles. The highest BCUT2D eigenvalue weighted by Gasteiger charge is 2.02. The Balaban J connectivity index is 2.16. The van der Waals surface area contributed by atoms with Crippen LogP contribution < -0.4 is 10.1 Å². The molecule has 0 atom stereocenters. The second-order valence-corrected chi connectivity index (χ2v) is 3.48. The van der Waals surface area contributed by atoms with Crippen molar-refractivity contribution in [2.24, 2.45) is 0 Å². The third-order valence-corrected chi connectivity index (χ3v) is 2.25. The maximum Gasteiger partial charge on any atom is 0.213 e. The Kier molecular flexibility index (Phi) is 3.72. The van der Waals surface area contributed by atoms with Crippen LogP contribution in [0.25, 0.3) is 0 Å². The lowest BCUT2D eigenvalue weighted by molar-refractivity contribution is 0.327. The molecule has 90 valence electrons. The van der Waals surface area contributed by atoms with E-state index in [4.69, 9.17) is 10.00 Å². The van der Waals surface area contributed by atoms with E-state index >= 15 is 0 Å². The molecule has 0 aliphatic carbocycles. The molecule has 0 amide bonds. The molecule has 0 saturated heterocycles. The molecule has 0 radical (unpaired) electrons. The van der Waals surface area contributed by atoms with Gasteiger partial charge in [-0.05, 0) is 19.1 Å². The Morgan fingerprint density at radius 2 is 2.22 bits per heavy atom. The zero-order valence-corrected chi connectivity index (χ0v) is 9.92. The predicted octanol–water partition coefficient (Wildman–Crippen LogP) is 2.49. The van der Waals surface area contributed by atoms with Crippen molar-refractivity contribution in [2.45, 2.75) is 6.92 Å². The summed E-state index contributed by atoms with van der Waals surface area (Å²) < 4.78 is 5.25. The third kappa shape index (κ3) is 2.74. The minimum atomic E-state index is 0.541. The number of hydrogen-bond donors (Lipinski definition) is 1. The van der Waals surface area contributed by atoms with Crippen LogP contribution in [0.3, 0.4) is 0 Å². The molecule has 5 heteroatoms. The van der Waals surface area contributed by atoms with E-state index in [1.807, 2.05) is 13.0 Å². The summed E-state index contributed by atoms with van der Waals surface area (Å²) in [4.78, 5) is 8.11. The zero-order valence-electron chi connectivity index (χ0n) is 9.92. The molecule has 0 saturated carbocycles. The second kappa shape index (κ2) is 5.64. The Labute approximate surface area is 105 Å². The summed E-state index contributed by atoms with van der Waals surface area (Å²) in [5.74, 6) is 0.578. The van der Waals surface area contributed by atoms with Gasteiger partial charge < -0.3 is 10.1 Å². The molecule has 0 aromatic carbocycles. The summed E-state index contributed by atoms with van der Waals surface area (Å²) in [6, 6.07) is 7.37. The molecule has 18 heavy (non-hydrogen) atoms. The fourth-order valence-electron chi connectivity index (χ4n) is 1.43. The molecule has 2 aromatic rings. The Morgan fingerprint density at radius 1 is 1.33 bits per heavy atom. The predicted molar refractivity (Wildman–Crippen MR) is 67.6 cm³/mol. The highest BCUT2D eigenvalue weighted by Crippen LogP contribution is 2.19. The second-order valence-electron chi connectivity index (χ2n) is 3.48. The van der Waals surface area contributed by atoms with Crippen LogP contribution in [-0.4, -0.2) is 16.6 Å². The van der Waals surface area contributed by atoms with Gasteiger partial charge in [-0.25, -0.2) is 4.98 Å². The van der Waals surface area contributed by atoms with E-state index in [9.17, 15) is 0 Å². The minimum absolute atomic E-state index is 0.541. The summed E-state index contributed by atoms with van der Waals surface area (Å²) in [7, 11) is 0. The number of hydrogen-bond acceptors (Lipinski definition) is 5. The van der Waals surface area contributed by atoms with Crippen molar-refractivity contribution in [3.63, 3.8) is 0 Å². The highest BCUT2D eigenvalue weighted by atomic mass is 16.5. The number of nitriles is 1. The third-order valence-electron chi connectivity index (χ3n) is 2.25. The molecule has 5 nitrogen and oxygen atoms in total. The van der Waals surface area contributed by atoms with E-state index < -0.39 is 0 Å². The van der Waals surface area contributed by atoms with Crippen LogP contribution in [0.15, 0.2) is 36.8 Å². The van der Waals surface area contributed by atoms with E-state index in [1.54, 1.807) is 30.7 Å². The molecule has 0 aliphatic heterocycles. The fraction of sp³-hybridized carbons (Fsp3) is 0.154. The van der Waals surface area contributed by atoms with Gasteiger partial charge in [0.1, 0.15) is 6.07 Å². The number of aromatic nitrogens is 2. The van der Waals surface area contributed by atoms with Crippen LogP contribution in [0.4, 0.5) is 11.4 Å². The smallest absolute Gasteiger partial charge is 0.213 e. The first-order valence-corrected chi connectivity index (χ1v) is 5.53. The van der Waals surface area contributed by atoms with Gasteiger partial charge in [-0.15, -0.1) is 0 Å². The topological polar surface area (TPSA) is 70.8 Å². The van der Waals surface area contributed by atoms with Crippen molar-refractivity contribution in [1.82, 2.24) is 9.97 Å². The van der Waals surface area contributed by atoms with Gasteiger partial charge in [0.15, 0.2) is 0 Å². The average molecular weight is 240 g/mol. The summed E-state index contributed by atoms with van der Waals surface area (Å²) in [6.07, 6.45) is 4.84. The number of nitrogens with one attached hydrogen (secondary N) is 1. The molecule has 0 unspecified atom stereocenters. The number of pyridine rings is 2. The van der Waals surface area contributed by atoms with Gasteiger partial charge in [-0.1, -0.05) is 0 Å². The molecule has 0 aliphatic rings. The van der Waals surface area contributed by atoms with Gasteiger partial charge in [-0.2, -0.15) is 5.26 Å². The van der Waals surface area contributed by atoms with Crippen molar-refractivity contribution in [2.75, 3.05) is 11.9 Å². The maximum atomic E-state index is 8.96. The number of ether oxygens (including phenoxy) is 1.